The maximum Gasteiger partial charge on any atom is 0.335 e. The molecule has 0 saturated heterocycles. The molecule has 1 amide bonds. The highest BCUT2D eigenvalue weighted by molar-refractivity contribution is 9.10. The topological polar surface area (TPSA) is 88.4 Å². The largest absolute Gasteiger partial charge is 0.493 e. The first-order chi connectivity index (χ1) is 16.4. The number of carboxylic acid groups (broad SMARTS) is 1. The van der Waals surface area contributed by atoms with Gasteiger partial charge >= 0.3 is 5.97 Å². The van der Waals surface area contributed by atoms with Gasteiger partial charge in [-0.2, -0.15) is 10.1 Å². The Morgan fingerprint density at radius 1 is 1.12 bits per heavy atom. The molecule has 0 fully saturated rings. The Balaban J connectivity index is 1.60. The zero-order chi connectivity index (χ0) is 24.2. The summed E-state index contributed by atoms with van der Waals surface area (Å²) in [6.07, 6.45) is 1.72. The first kappa shape index (κ1) is 23.3. The fourth-order valence-corrected chi connectivity index (χ4v) is 4.06. The number of aromatic carboxylic acids is 1. The number of hydrogen-bond donors (Lipinski definition) is 1. The second-order valence-corrected chi connectivity index (χ2v) is 8.38. The number of nitrogens with zero attached hydrogens (tertiary/aromatic N) is 2. The highest BCUT2D eigenvalue weighted by atomic mass is 79.9. The third-order valence-corrected chi connectivity index (χ3v) is 5.78. The van der Waals surface area contributed by atoms with E-state index in [2.05, 4.69) is 21.0 Å². The molecular formula is C26H21BrN2O5. The second-order valence-electron chi connectivity index (χ2n) is 7.52. The van der Waals surface area contributed by atoms with Gasteiger partial charge in [-0.3, -0.25) is 4.79 Å². The van der Waals surface area contributed by atoms with Gasteiger partial charge in [0.05, 0.1) is 34.1 Å². The third-order valence-electron chi connectivity index (χ3n) is 5.19. The molecule has 0 unspecified atom stereocenters. The highest BCUT2D eigenvalue weighted by Crippen LogP contribution is 2.38. The van der Waals surface area contributed by atoms with E-state index in [0.717, 1.165) is 11.1 Å². The molecule has 1 aliphatic heterocycles. The van der Waals surface area contributed by atoms with Crippen LogP contribution in [0.2, 0.25) is 0 Å². The molecule has 0 aromatic heterocycles. The summed E-state index contributed by atoms with van der Waals surface area (Å²) in [6.45, 7) is 2.11. The monoisotopic (exact) mass is 520 g/mol. The van der Waals surface area contributed by atoms with E-state index in [4.69, 9.17) is 9.47 Å². The Morgan fingerprint density at radius 3 is 2.59 bits per heavy atom. The van der Waals surface area contributed by atoms with Gasteiger partial charge in [0.1, 0.15) is 6.61 Å². The van der Waals surface area contributed by atoms with Gasteiger partial charge in [-0.25, -0.2) is 4.79 Å². The smallest absolute Gasteiger partial charge is 0.335 e. The molecule has 3 aromatic rings. The number of methoxy groups -OCH3 is 1. The number of benzene rings is 3. The first-order valence-electron chi connectivity index (χ1n) is 10.4. The zero-order valence-corrected chi connectivity index (χ0v) is 20.1. The molecule has 0 spiro atoms. The maximum absolute atomic E-state index is 13.1. The Kier molecular flexibility index (Phi) is 6.79. The number of rotatable bonds is 7. The summed E-state index contributed by atoms with van der Waals surface area (Å²) < 4.78 is 12.2. The normalized spacial score (nSPS) is 14.3. The number of hydrogen-bond acceptors (Lipinski definition) is 5. The van der Waals surface area contributed by atoms with Crippen LogP contribution in [0.4, 0.5) is 5.69 Å². The summed E-state index contributed by atoms with van der Waals surface area (Å²) in [5, 5.41) is 14.8. The van der Waals surface area contributed by atoms with Crippen molar-refractivity contribution in [3.63, 3.8) is 0 Å². The molecule has 1 N–H and O–H groups in total. The van der Waals surface area contributed by atoms with Crippen LogP contribution in [0, 0.1) is 0 Å². The Hall–Kier alpha value is -3.91. The van der Waals surface area contributed by atoms with Crippen molar-refractivity contribution in [3.05, 3.63) is 93.5 Å². The van der Waals surface area contributed by atoms with Crippen LogP contribution in [0.3, 0.4) is 0 Å². The lowest BCUT2D eigenvalue weighted by molar-refractivity contribution is -0.114. The summed E-state index contributed by atoms with van der Waals surface area (Å²) in [7, 11) is 1.55. The van der Waals surface area contributed by atoms with Crippen molar-refractivity contribution in [3.8, 4) is 11.5 Å². The summed E-state index contributed by atoms with van der Waals surface area (Å²) in [4.78, 5) is 24.4. The fraction of sp³-hybridized carbons (Fsp3) is 0.115. The molecule has 0 radical (unpaired) electrons. The molecule has 1 aliphatic rings. The van der Waals surface area contributed by atoms with Gasteiger partial charge < -0.3 is 14.6 Å². The van der Waals surface area contributed by atoms with E-state index in [1.807, 2.05) is 36.4 Å². The van der Waals surface area contributed by atoms with Crippen LogP contribution in [-0.4, -0.2) is 29.8 Å². The number of carbonyl (C=O) groups is 2. The van der Waals surface area contributed by atoms with Crippen molar-refractivity contribution in [1.29, 1.82) is 0 Å². The lowest BCUT2D eigenvalue weighted by atomic mass is 10.1. The van der Waals surface area contributed by atoms with Gasteiger partial charge in [0, 0.05) is 0 Å². The van der Waals surface area contributed by atoms with E-state index < -0.39 is 5.97 Å². The van der Waals surface area contributed by atoms with Crippen LogP contribution in [0.15, 0.2) is 81.9 Å². The quantitative estimate of drug-likeness (QED) is 0.413. The van der Waals surface area contributed by atoms with Crippen molar-refractivity contribution < 1.29 is 24.2 Å². The number of carbonyl (C=O) groups excluding carboxylic acids is 1. The van der Waals surface area contributed by atoms with Crippen molar-refractivity contribution in [1.82, 2.24) is 0 Å². The predicted octanol–water partition coefficient (Wildman–Crippen LogP) is 5.54. The molecule has 8 heteroatoms. The summed E-state index contributed by atoms with van der Waals surface area (Å²) in [5.74, 6) is -0.344. The van der Waals surface area contributed by atoms with Gasteiger partial charge in [-0.05, 0) is 70.4 Å². The maximum atomic E-state index is 13.1. The SMILES string of the molecule is COc1cc(/C=C2/C(=O)N(c3cccc(C(=O)O)c3)N=C2C)cc(Br)c1OCc1ccccc1. The second kappa shape index (κ2) is 9.93. The minimum Gasteiger partial charge on any atom is -0.493 e. The summed E-state index contributed by atoms with van der Waals surface area (Å²) >= 11 is 3.55. The molecule has 3 aromatic carbocycles. The molecule has 34 heavy (non-hydrogen) atoms. The molecular weight excluding hydrogens is 500 g/mol. The standard InChI is InChI=1S/C26H21BrN2O5/c1-16-21(25(30)29(28-16)20-10-6-9-19(14-20)26(31)32)11-18-12-22(27)24(23(13-18)33-2)34-15-17-7-4-3-5-8-17/h3-14H,15H2,1-2H3,(H,31,32)/b21-11+. The third kappa shape index (κ3) is 4.87. The molecule has 0 aliphatic carbocycles. The van der Waals surface area contributed by atoms with Crippen molar-refractivity contribution in [2.75, 3.05) is 12.1 Å². The van der Waals surface area contributed by atoms with Crippen LogP contribution in [0.25, 0.3) is 6.08 Å². The fourth-order valence-electron chi connectivity index (χ4n) is 3.49. The van der Waals surface area contributed by atoms with Gasteiger partial charge in [0.2, 0.25) is 0 Å². The molecule has 0 atom stereocenters. The van der Waals surface area contributed by atoms with Crippen molar-refractivity contribution in [2.24, 2.45) is 5.10 Å². The minimum atomic E-state index is -1.07. The molecule has 172 valence electrons. The average Bonchev–Trinajstić information content (AvgIpc) is 3.12. The van der Waals surface area contributed by atoms with E-state index >= 15 is 0 Å². The van der Waals surface area contributed by atoms with Gasteiger partial charge in [-0.1, -0.05) is 36.4 Å². The average molecular weight is 521 g/mol. The van der Waals surface area contributed by atoms with Crippen LogP contribution in [0.5, 0.6) is 11.5 Å². The number of carboxylic acids is 1. The summed E-state index contributed by atoms with van der Waals surface area (Å²) in [5.41, 5.74) is 3.12. The van der Waals surface area contributed by atoms with Crippen LogP contribution in [-0.2, 0) is 11.4 Å². The number of ether oxygens (including phenoxy) is 2. The molecule has 0 bridgehead atoms. The van der Waals surface area contributed by atoms with E-state index in [0.29, 0.717) is 39.6 Å². The van der Waals surface area contributed by atoms with Gasteiger partial charge in [-0.15, -0.1) is 0 Å². The van der Waals surface area contributed by atoms with E-state index in [1.165, 1.54) is 17.1 Å². The first-order valence-corrected chi connectivity index (χ1v) is 11.2. The minimum absolute atomic E-state index is 0.0790. The molecule has 7 nitrogen and oxygen atoms in total. The van der Waals surface area contributed by atoms with Gasteiger partial charge in [0.25, 0.3) is 5.91 Å². The van der Waals surface area contributed by atoms with Crippen molar-refractivity contribution >= 4 is 45.3 Å². The number of hydrazone groups is 1. The Labute approximate surface area is 205 Å². The summed E-state index contributed by atoms with van der Waals surface area (Å²) in [6, 6.07) is 19.5. The van der Waals surface area contributed by atoms with E-state index in [-0.39, 0.29) is 11.5 Å². The van der Waals surface area contributed by atoms with E-state index in [9.17, 15) is 14.7 Å². The Morgan fingerprint density at radius 2 is 1.88 bits per heavy atom. The molecule has 0 saturated carbocycles. The van der Waals surface area contributed by atoms with Crippen molar-refractivity contribution in [2.45, 2.75) is 13.5 Å². The highest BCUT2D eigenvalue weighted by Gasteiger charge is 2.29. The zero-order valence-electron chi connectivity index (χ0n) is 18.5. The lowest BCUT2D eigenvalue weighted by Gasteiger charge is -2.14. The lowest BCUT2D eigenvalue weighted by Crippen LogP contribution is -2.21. The van der Waals surface area contributed by atoms with Crippen LogP contribution in [0.1, 0.15) is 28.4 Å². The number of anilines is 1. The molecule has 1 heterocycles. The van der Waals surface area contributed by atoms with E-state index in [1.54, 1.807) is 38.3 Å². The number of halogens is 1. The Bertz CT molecular complexity index is 1320. The van der Waals surface area contributed by atoms with Gasteiger partial charge in [0.15, 0.2) is 11.5 Å². The molecule has 4 rings (SSSR count). The van der Waals surface area contributed by atoms with Crippen LogP contribution < -0.4 is 14.5 Å². The number of amides is 1. The van der Waals surface area contributed by atoms with Crippen LogP contribution >= 0.6 is 15.9 Å². The predicted molar refractivity (Wildman–Crippen MR) is 133 cm³/mol.